The second-order valence-electron chi connectivity index (χ2n) is 7.55. The molecule has 1 saturated heterocycles. The Bertz CT molecular complexity index is 979. The minimum Gasteiger partial charge on any atom is -0.507 e. The lowest BCUT2D eigenvalue weighted by Gasteiger charge is -2.28. The first-order chi connectivity index (χ1) is 15.5. The molecular weight excluding hydrogens is 404 g/mol. The number of aliphatic hydroxyl groups excluding tert-OH is 1. The summed E-state index contributed by atoms with van der Waals surface area (Å²) in [7, 11) is 0. The van der Waals surface area contributed by atoms with Crippen LogP contribution in [0.4, 0.5) is 0 Å². The number of rotatable bonds is 10. The Morgan fingerprint density at radius 1 is 1.09 bits per heavy atom. The van der Waals surface area contributed by atoms with Gasteiger partial charge in [0.2, 0.25) is 0 Å². The molecule has 0 spiro atoms. The number of aliphatic hydroxyl groups is 1. The van der Waals surface area contributed by atoms with Gasteiger partial charge in [-0.1, -0.05) is 69.0 Å². The van der Waals surface area contributed by atoms with Crippen LogP contribution in [0.5, 0.6) is 5.75 Å². The van der Waals surface area contributed by atoms with Crippen LogP contribution in [0.3, 0.4) is 0 Å². The number of benzene rings is 2. The summed E-state index contributed by atoms with van der Waals surface area (Å²) in [5, 5.41) is 11.0. The zero-order valence-electron chi connectivity index (χ0n) is 18.7. The monoisotopic (exact) mass is 434 g/mol. The SMILES string of the molecule is C=CCOc1ccc([C@@H]2/C(=C(\O)c3ccccc3)C(=O)C(=O)N2CCN(CC)CC)cc1. The molecule has 0 aromatic heterocycles. The number of likely N-dealkylation sites (N-methyl/N-ethyl adjacent to an activating group) is 1. The summed E-state index contributed by atoms with van der Waals surface area (Å²) in [5.74, 6) is -0.752. The smallest absolute Gasteiger partial charge is 0.295 e. The second kappa shape index (κ2) is 10.8. The fourth-order valence-corrected chi connectivity index (χ4v) is 3.90. The zero-order chi connectivity index (χ0) is 23.1. The van der Waals surface area contributed by atoms with Gasteiger partial charge >= 0.3 is 0 Å². The lowest BCUT2D eigenvalue weighted by molar-refractivity contribution is -0.140. The van der Waals surface area contributed by atoms with Gasteiger partial charge in [-0.25, -0.2) is 0 Å². The topological polar surface area (TPSA) is 70.1 Å². The van der Waals surface area contributed by atoms with Gasteiger partial charge in [0.25, 0.3) is 11.7 Å². The van der Waals surface area contributed by atoms with E-state index in [1.165, 1.54) is 0 Å². The Kier molecular flexibility index (Phi) is 7.84. The molecule has 0 bridgehead atoms. The summed E-state index contributed by atoms with van der Waals surface area (Å²) in [4.78, 5) is 29.8. The first-order valence-corrected chi connectivity index (χ1v) is 10.9. The lowest BCUT2D eigenvalue weighted by Crippen LogP contribution is -2.38. The average molecular weight is 435 g/mol. The molecule has 1 aliphatic heterocycles. The van der Waals surface area contributed by atoms with Crippen molar-refractivity contribution in [3.63, 3.8) is 0 Å². The van der Waals surface area contributed by atoms with Crippen molar-refractivity contribution in [3.8, 4) is 5.75 Å². The number of carbonyl (C=O) groups is 2. The van der Waals surface area contributed by atoms with Gasteiger partial charge in [-0.3, -0.25) is 9.59 Å². The molecule has 1 amide bonds. The Labute approximate surface area is 189 Å². The second-order valence-corrected chi connectivity index (χ2v) is 7.55. The van der Waals surface area contributed by atoms with E-state index in [0.29, 0.717) is 31.0 Å². The minimum absolute atomic E-state index is 0.112. The molecule has 6 heteroatoms. The van der Waals surface area contributed by atoms with Gasteiger partial charge < -0.3 is 19.6 Å². The number of nitrogens with zero attached hydrogens (tertiary/aromatic N) is 2. The first-order valence-electron chi connectivity index (χ1n) is 10.9. The average Bonchev–Trinajstić information content (AvgIpc) is 3.08. The molecule has 168 valence electrons. The molecule has 2 aromatic rings. The Hall–Kier alpha value is -3.38. The maximum absolute atomic E-state index is 13.0. The van der Waals surface area contributed by atoms with E-state index in [9.17, 15) is 14.7 Å². The highest BCUT2D eigenvalue weighted by atomic mass is 16.5. The molecule has 1 N–H and O–H groups in total. The molecule has 1 fully saturated rings. The van der Waals surface area contributed by atoms with Crippen molar-refractivity contribution in [3.05, 3.63) is 84.0 Å². The van der Waals surface area contributed by atoms with Crippen LogP contribution >= 0.6 is 0 Å². The molecule has 0 radical (unpaired) electrons. The number of ether oxygens (including phenoxy) is 1. The van der Waals surface area contributed by atoms with Gasteiger partial charge in [-0.15, -0.1) is 0 Å². The van der Waals surface area contributed by atoms with Gasteiger partial charge in [0.1, 0.15) is 18.1 Å². The first kappa shape index (κ1) is 23.3. The van der Waals surface area contributed by atoms with E-state index in [1.807, 2.05) is 18.2 Å². The molecule has 0 saturated carbocycles. The van der Waals surface area contributed by atoms with Crippen LogP contribution in [-0.2, 0) is 9.59 Å². The van der Waals surface area contributed by atoms with Gasteiger partial charge in [-0.2, -0.15) is 0 Å². The maximum atomic E-state index is 13.0. The number of likely N-dealkylation sites (tertiary alicyclic amines) is 1. The summed E-state index contributed by atoms with van der Waals surface area (Å²) >= 11 is 0. The number of hydrogen-bond acceptors (Lipinski definition) is 5. The van der Waals surface area contributed by atoms with Crippen LogP contribution in [0, 0.1) is 0 Å². The molecule has 32 heavy (non-hydrogen) atoms. The Morgan fingerprint density at radius 3 is 2.34 bits per heavy atom. The minimum atomic E-state index is -0.667. The lowest BCUT2D eigenvalue weighted by atomic mass is 9.95. The number of ketones is 1. The predicted molar refractivity (Wildman–Crippen MR) is 125 cm³/mol. The molecule has 2 aromatic carbocycles. The van der Waals surface area contributed by atoms with Crippen LogP contribution in [0.2, 0.25) is 0 Å². The van der Waals surface area contributed by atoms with Crippen LogP contribution in [-0.4, -0.2) is 59.4 Å². The van der Waals surface area contributed by atoms with Crippen molar-refractivity contribution < 1.29 is 19.4 Å². The van der Waals surface area contributed by atoms with Crippen LogP contribution in [0.15, 0.2) is 72.8 Å². The van der Waals surface area contributed by atoms with Crippen LogP contribution < -0.4 is 4.74 Å². The van der Waals surface area contributed by atoms with Crippen molar-refractivity contribution in [2.45, 2.75) is 19.9 Å². The third kappa shape index (κ3) is 4.92. The summed E-state index contributed by atoms with van der Waals surface area (Å²) in [6.45, 7) is 10.9. The highest BCUT2D eigenvalue weighted by Crippen LogP contribution is 2.39. The standard InChI is InChI=1S/C26H30N2O4/c1-4-18-32-21-14-12-19(13-15-21)23-22(24(29)20-10-8-7-9-11-20)25(30)26(31)28(23)17-16-27(5-2)6-3/h4,7-15,23,29H,1,5-6,16-18H2,2-3H3/b24-22+/t23-/m1/s1. The Balaban J connectivity index is 2.04. The fourth-order valence-electron chi connectivity index (χ4n) is 3.90. The van der Waals surface area contributed by atoms with Crippen LogP contribution in [0.1, 0.15) is 31.0 Å². The van der Waals surface area contributed by atoms with Gasteiger partial charge in [-0.05, 0) is 30.8 Å². The highest BCUT2D eigenvalue weighted by Gasteiger charge is 2.45. The van der Waals surface area contributed by atoms with E-state index >= 15 is 0 Å². The fraction of sp³-hybridized carbons (Fsp3) is 0.308. The summed E-state index contributed by atoms with van der Waals surface area (Å²) < 4.78 is 5.56. The van der Waals surface area contributed by atoms with Gasteiger partial charge in [0.15, 0.2) is 0 Å². The van der Waals surface area contributed by atoms with Crippen molar-refractivity contribution in [2.75, 3.05) is 32.8 Å². The highest BCUT2D eigenvalue weighted by molar-refractivity contribution is 6.46. The largest absolute Gasteiger partial charge is 0.507 e. The predicted octanol–water partition coefficient (Wildman–Crippen LogP) is 4.01. The Morgan fingerprint density at radius 2 is 1.75 bits per heavy atom. The molecule has 0 unspecified atom stereocenters. The number of hydrogen-bond donors (Lipinski definition) is 1. The third-order valence-electron chi connectivity index (χ3n) is 5.70. The van der Waals surface area contributed by atoms with Crippen molar-refractivity contribution >= 4 is 17.4 Å². The third-order valence-corrected chi connectivity index (χ3v) is 5.70. The van der Waals surface area contributed by atoms with Gasteiger partial charge in [0, 0.05) is 18.7 Å². The molecule has 1 aliphatic rings. The molecule has 6 nitrogen and oxygen atoms in total. The number of Topliss-reactive ketones (excluding diaryl/α,β-unsaturated/α-hetero) is 1. The molecule has 1 heterocycles. The van der Waals surface area contributed by atoms with E-state index in [4.69, 9.17) is 4.74 Å². The molecular formula is C26H30N2O4. The summed E-state index contributed by atoms with van der Waals surface area (Å²) in [6.07, 6.45) is 1.66. The molecule has 3 rings (SSSR count). The maximum Gasteiger partial charge on any atom is 0.295 e. The quantitative estimate of drug-likeness (QED) is 0.265. The zero-order valence-corrected chi connectivity index (χ0v) is 18.7. The molecule has 1 atom stereocenters. The van der Waals surface area contributed by atoms with E-state index < -0.39 is 17.7 Å². The number of amides is 1. The van der Waals surface area contributed by atoms with E-state index in [2.05, 4.69) is 25.3 Å². The van der Waals surface area contributed by atoms with E-state index in [-0.39, 0.29) is 11.3 Å². The van der Waals surface area contributed by atoms with E-state index in [1.54, 1.807) is 47.4 Å². The van der Waals surface area contributed by atoms with E-state index in [0.717, 1.165) is 18.7 Å². The summed E-state index contributed by atoms with van der Waals surface area (Å²) in [6, 6.07) is 15.4. The summed E-state index contributed by atoms with van der Waals surface area (Å²) in [5.41, 5.74) is 1.36. The normalized spacial score (nSPS) is 17.7. The van der Waals surface area contributed by atoms with Gasteiger partial charge in [0.05, 0.1) is 11.6 Å². The van der Waals surface area contributed by atoms with Crippen molar-refractivity contribution in [2.24, 2.45) is 0 Å². The molecule has 0 aliphatic carbocycles. The number of carbonyl (C=O) groups excluding carboxylic acids is 2. The van der Waals surface area contributed by atoms with Crippen molar-refractivity contribution in [1.29, 1.82) is 0 Å². The van der Waals surface area contributed by atoms with Crippen molar-refractivity contribution in [1.82, 2.24) is 9.80 Å². The van der Waals surface area contributed by atoms with Crippen LogP contribution in [0.25, 0.3) is 5.76 Å².